The number of nitrogen functional groups attached to an aromatic ring is 1. The molecule has 1 saturated heterocycles. The molecule has 4 N–H and O–H groups in total. The van der Waals surface area contributed by atoms with Gasteiger partial charge in [0.05, 0.1) is 30.2 Å². The van der Waals surface area contributed by atoms with E-state index in [4.69, 9.17) is 16.2 Å². The minimum absolute atomic E-state index is 0.166. The van der Waals surface area contributed by atoms with Crippen LogP contribution in [0.3, 0.4) is 0 Å². The molecule has 0 spiro atoms. The molecule has 2 rings (SSSR count). The molecule has 0 aliphatic carbocycles. The van der Waals surface area contributed by atoms with Crippen LogP contribution in [0.1, 0.15) is 23.7 Å². The van der Waals surface area contributed by atoms with Gasteiger partial charge in [0, 0.05) is 13.1 Å². The second-order valence-corrected chi connectivity index (χ2v) is 4.35. The lowest BCUT2D eigenvalue weighted by molar-refractivity contribution is 0.0381. The molecule has 6 nitrogen and oxygen atoms in total. The van der Waals surface area contributed by atoms with Gasteiger partial charge in [0.25, 0.3) is 5.91 Å². The third-order valence-electron chi connectivity index (χ3n) is 3.05. The molecule has 0 saturated carbocycles. The molecular formula is C12H18N4O2. The van der Waals surface area contributed by atoms with Crippen LogP contribution in [0, 0.1) is 0 Å². The summed E-state index contributed by atoms with van der Waals surface area (Å²) >= 11 is 0. The Kier molecular flexibility index (Phi) is 3.66. The summed E-state index contributed by atoms with van der Waals surface area (Å²) < 4.78 is 5.59. The lowest BCUT2D eigenvalue weighted by Gasteiger charge is -2.34. The smallest absolute Gasteiger partial charge is 0.252 e. The number of pyridine rings is 1. The van der Waals surface area contributed by atoms with Crippen LogP contribution in [-0.4, -0.2) is 36.7 Å². The molecule has 1 amide bonds. The Morgan fingerprint density at radius 2 is 2.44 bits per heavy atom. The molecule has 0 aromatic carbocycles. The standard InChI is InChI=1S/C12H18N4O2/c1-2-9-7-16(3-4-18-9)12-10(11(14)17)5-8(13)6-15-12/h5-6,9H,2-4,7,13H2,1H3,(H2,14,17). The van der Waals surface area contributed by atoms with Crippen molar-refractivity contribution >= 4 is 17.4 Å². The monoisotopic (exact) mass is 250 g/mol. The molecule has 1 aromatic heterocycles. The van der Waals surface area contributed by atoms with E-state index in [1.807, 2.05) is 4.90 Å². The number of aromatic nitrogens is 1. The highest BCUT2D eigenvalue weighted by Gasteiger charge is 2.23. The van der Waals surface area contributed by atoms with Gasteiger partial charge in [-0.15, -0.1) is 0 Å². The maximum absolute atomic E-state index is 11.4. The molecular weight excluding hydrogens is 232 g/mol. The quantitative estimate of drug-likeness (QED) is 0.808. The average molecular weight is 250 g/mol. The summed E-state index contributed by atoms with van der Waals surface area (Å²) in [6.07, 6.45) is 2.63. The predicted octanol–water partition coefficient (Wildman–Crippen LogP) is 0.378. The highest BCUT2D eigenvalue weighted by molar-refractivity contribution is 5.98. The molecule has 2 heterocycles. The lowest BCUT2D eigenvalue weighted by Crippen LogP contribution is -2.43. The molecule has 98 valence electrons. The maximum Gasteiger partial charge on any atom is 0.252 e. The first kappa shape index (κ1) is 12.6. The van der Waals surface area contributed by atoms with Crippen LogP contribution in [0.4, 0.5) is 11.5 Å². The average Bonchev–Trinajstić information content (AvgIpc) is 2.38. The second-order valence-electron chi connectivity index (χ2n) is 4.35. The van der Waals surface area contributed by atoms with Crippen molar-refractivity contribution in [3.05, 3.63) is 17.8 Å². The van der Waals surface area contributed by atoms with Crippen LogP contribution < -0.4 is 16.4 Å². The largest absolute Gasteiger partial charge is 0.397 e. The van der Waals surface area contributed by atoms with Gasteiger partial charge in [-0.05, 0) is 12.5 Å². The summed E-state index contributed by atoms with van der Waals surface area (Å²) in [5.74, 6) is 0.0859. The van der Waals surface area contributed by atoms with Crippen molar-refractivity contribution in [3.63, 3.8) is 0 Å². The molecule has 0 radical (unpaired) electrons. The highest BCUT2D eigenvalue weighted by atomic mass is 16.5. The third-order valence-corrected chi connectivity index (χ3v) is 3.05. The van der Waals surface area contributed by atoms with Crippen molar-refractivity contribution < 1.29 is 9.53 Å². The van der Waals surface area contributed by atoms with Crippen LogP contribution in [-0.2, 0) is 4.74 Å². The van der Waals surface area contributed by atoms with Gasteiger partial charge in [0.1, 0.15) is 5.82 Å². The summed E-state index contributed by atoms with van der Waals surface area (Å²) in [5, 5.41) is 0. The van der Waals surface area contributed by atoms with Crippen molar-refractivity contribution in [2.24, 2.45) is 5.73 Å². The number of rotatable bonds is 3. The van der Waals surface area contributed by atoms with Gasteiger partial charge >= 0.3 is 0 Å². The van der Waals surface area contributed by atoms with Crippen LogP contribution in [0.15, 0.2) is 12.3 Å². The van der Waals surface area contributed by atoms with Crippen LogP contribution in [0.2, 0.25) is 0 Å². The number of nitrogens with zero attached hydrogens (tertiary/aromatic N) is 2. The molecule has 18 heavy (non-hydrogen) atoms. The van der Waals surface area contributed by atoms with E-state index in [9.17, 15) is 4.79 Å². The van der Waals surface area contributed by atoms with Crippen molar-refractivity contribution in [2.45, 2.75) is 19.4 Å². The number of amides is 1. The summed E-state index contributed by atoms with van der Waals surface area (Å²) in [4.78, 5) is 17.7. The Hall–Kier alpha value is -1.82. The highest BCUT2D eigenvalue weighted by Crippen LogP contribution is 2.22. The number of hydrogen-bond acceptors (Lipinski definition) is 5. The molecule has 1 aliphatic heterocycles. The molecule has 6 heteroatoms. The SMILES string of the molecule is CCC1CN(c2ncc(N)cc2C(N)=O)CCO1. The summed E-state index contributed by atoms with van der Waals surface area (Å²) in [7, 11) is 0. The first-order chi connectivity index (χ1) is 8.61. The minimum Gasteiger partial charge on any atom is -0.397 e. The Morgan fingerprint density at radius 3 is 3.11 bits per heavy atom. The molecule has 1 aliphatic rings. The van der Waals surface area contributed by atoms with Gasteiger partial charge in [-0.25, -0.2) is 4.98 Å². The van der Waals surface area contributed by atoms with E-state index >= 15 is 0 Å². The van der Waals surface area contributed by atoms with Crippen LogP contribution in [0.25, 0.3) is 0 Å². The second kappa shape index (κ2) is 5.22. The van der Waals surface area contributed by atoms with E-state index < -0.39 is 5.91 Å². The van der Waals surface area contributed by atoms with E-state index in [1.165, 1.54) is 6.20 Å². The normalized spacial score (nSPS) is 19.8. The van der Waals surface area contributed by atoms with E-state index in [2.05, 4.69) is 11.9 Å². The van der Waals surface area contributed by atoms with Crippen LogP contribution in [0.5, 0.6) is 0 Å². The van der Waals surface area contributed by atoms with Gasteiger partial charge in [-0.1, -0.05) is 6.92 Å². The van der Waals surface area contributed by atoms with Crippen molar-refractivity contribution in [1.29, 1.82) is 0 Å². The van der Waals surface area contributed by atoms with E-state index in [1.54, 1.807) is 6.07 Å². The van der Waals surface area contributed by atoms with E-state index in [-0.39, 0.29) is 6.10 Å². The van der Waals surface area contributed by atoms with Gasteiger partial charge in [0.15, 0.2) is 0 Å². The number of morpholine rings is 1. The predicted molar refractivity (Wildman–Crippen MR) is 69.4 cm³/mol. The zero-order chi connectivity index (χ0) is 13.1. The Morgan fingerprint density at radius 1 is 1.67 bits per heavy atom. The van der Waals surface area contributed by atoms with Gasteiger partial charge in [0.2, 0.25) is 0 Å². The number of nitrogens with two attached hydrogens (primary N) is 2. The molecule has 1 fully saturated rings. The van der Waals surface area contributed by atoms with Gasteiger partial charge in [-0.3, -0.25) is 4.79 Å². The topological polar surface area (TPSA) is 94.5 Å². The molecule has 1 unspecified atom stereocenters. The maximum atomic E-state index is 11.4. The van der Waals surface area contributed by atoms with E-state index in [0.29, 0.717) is 36.8 Å². The summed E-state index contributed by atoms with van der Waals surface area (Å²) in [6.45, 7) is 4.11. The van der Waals surface area contributed by atoms with Crippen molar-refractivity contribution in [3.8, 4) is 0 Å². The molecule has 0 bridgehead atoms. The fourth-order valence-corrected chi connectivity index (χ4v) is 2.07. The molecule has 1 atom stereocenters. The van der Waals surface area contributed by atoms with Gasteiger partial charge < -0.3 is 21.1 Å². The fourth-order valence-electron chi connectivity index (χ4n) is 2.07. The first-order valence-corrected chi connectivity index (χ1v) is 6.03. The Labute approximate surface area is 106 Å². The first-order valence-electron chi connectivity index (χ1n) is 6.03. The number of hydrogen-bond donors (Lipinski definition) is 2. The lowest BCUT2D eigenvalue weighted by atomic mass is 10.1. The number of anilines is 2. The van der Waals surface area contributed by atoms with Crippen molar-refractivity contribution in [1.82, 2.24) is 4.98 Å². The Balaban J connectivity index is 2.29. The van der Waals surface area contributed by atoms with E-state index in [0.717, 1.165) is 6.42 Å². The van der Waals surface area contributed by atoms with Crippen LogP contribution >= 0.6 is 0 Å². The number of ether oxygens (including phenoxy) is 1. The number of primary amides is 1. The number of carbonyl (C=O) groups excluding carboxylic acids is 1. The summed E-state index contributed by atoms with van der Waals surface area (Å²) in [5.41, 5.74) is 11.8. The van der Waals surface area contributed by atoms with Gasteiger partial charge in [-0.2, -0.15) is 0 Å². The third kappa shape index (κ3) is 2.53. The zero-order valence-corrected chi connectivity index (χ0v) is 10.4. The minimum atomic E-state index is -0.510. The van der Waals surface area contributed by atoms with Crippen molar-refractivity contribution in [2.75, 3.05) is 30.3 Å². The molecule has 1 aromatic rings. The fraction of sp³-hybridized carbons (Fsp3) is 0.500. The summed E-state index contributed by atoms with van der Waals surface area (Å²) in [6, 6.07) is 1.57. The Bertz CT molecular complexity index is 450. The number of carbonyl (C=O) groups is 1. The zero-order valence-electron chi connectivity index (χ0n) is 10.4.